The van der Waals surface area contributed by atoms with Gasteiger partial charge in [-0.05, 0) is 54.0 Å². The summed E-state index contributed by atoms with van der Waals surface area (Å²) in [6.45, 7) is 3.83. The summed E-state index contributed by atoms with van der Waals surface area (Å²) in [5.41, 5.74) is 10.7. The van der Waals surface area contributed by atoms with E-state index in [1.165, 1.54) is 10.5 Å². The number of nitrogens with zero attached hydrogens (tertiary/aromatic N) is 4. The molecule has 0 aliphatic carbocycles. The van der Waals surface area contributed by atoms with Crippen LogP contribution < -0.4 is 14.7 Å². The van der Waals surface area contributed by atoms with E-state index in [-0.39, 0.29) is 26.5 Å². The van der Waals surface area contributed by atoms with E-state index in [1.807, 2.05) is 53.6 Å². The van der Waals surface area contributed by atoms with E-state index in [1.54, 1.807) is 18.4 Å². The van der Waals surface area contributed by atoms with E-state index in [2.05, 4.69) is 134 Å². The molecule has 2 aliphatic rings. The fourth-order valence-corrected chi connectivity index (χ4v) is 7.96. The Labute approximate surface area is 329 Å². The van der Waals surface area contributed by atoms with Crippen molar-refractivity contribution in [3.8, 4) is 22.3 Å². The predicted octanol–water partition coefficient (Wildman–Crippen LogP) is 12.0. The second kappa shape index (κ2) is 13.8. The van der Waals surface area contributed by atoms with Crippen LogP contribution in [0.25, 0.3) is 22.3 Å². The van der Waals surface area contributed by atoms with E-state index >= 15 is 0 Å². The molecule has 0 spiro atoms. The summed E-state index contributed by atoms with van der Waals surface area (Å²) in [5, 5.41) is 0. The second-order valence-electron chi connectivity index (χ2n) is 13.2. The molecule has 0 radical (unpaired) electrons. The molecular weight excluding hydrogens is 836 g/mol. The number of pyridine rings is 1. The molecule has 4 nitrogen and oxygen atoms in total. The van der Waals surface area contributed by atoms with Crippen molar-refractivity contribution in [2.45, 2.75) is 29.1 Å². The molecule has 0 saturated carbocycles. The fraction of sp³-hybridized carbons (Fsp3) is 0.0870. The summed E-state index contributed by atoms with van der Waals surface area (Å²) >= 11 is 1.57. The summed E-state index contributed by atoms with van der Waals surface area (Å²) in [6.07, 6.45) is 1.91. The molecule has 7 aromatic rings. The van der Waals surface area contributed by atoms with Gasteiger partial charge in [0, 0.05) is 53.7 Å². The zero-order valence-electron chi connectivity index (χ0n) is 31.5. The number of hydrogen-bond acceptors (Lipinski definition) is 5. The van der Waals surface area contributed by atoms with Gasteiger partial charge in [0.25, 0.3) is 0 Å². The molecule has 0 bridgehead atoms. The van der Waals surface area contributed by atoms with Gasteiger partial charge < -0.3 is 14.7 Å². The Morgan fingerprint density at radius 1 is 0.635 bits per heavy atom. The first-order chi connectivity index (χ1) is 26.2. The molecule has 0 saturated heterocycles. The minimum atomic E-state index is -2.32. The van der Waals surface area contributed by atoms with Crippen LogP contribution in [0.15, 0.2) is 162 Å². The van der Waals surface area contributed by atoms with E-state index in [9.17, 15) is 0 Å². The summed E-state index contributed by atoms with van der Waals surface area (Å²) in [7, 11) is 0. The number of anilines is 6. The maximum Gasteiger partial charge on any atom is 0.135 e. The van der Waals surface area contributed by atoms with Gasteiger partial charge in [0.2, 0.25) is 0 Å². The Morgan fingerprint density at radius 2 is 1.31 bits per heavy atom. The van der Waals surface area contributed by atoms with Gasteiger partial charge in [-0.25, -0.2) is 4.98 Å². The molecule has 9 rings (SSSR count). The monoisotopic (exact) mass is 873 g/mol. The number of para-hydroxylation sites is 3. The number of fused-ring (bicyclic) bond motifs is 6. The van der Waals surface area contributed by atoms with Gasteiger partial charge in [-0.3, -0.25) is 0 Å². The molecule has 0 amide bonds. The summed E-state index contributed by atoms with van der Waals surface area (Å²) in [4.78, 5) is 12.3. The molecule has 3 heterocycles. The number of aromatic nitrogens is 1. The van der Waals surface area contributed by atoms with Gasteiger partial charge in [-0.15, -0.1) is 51.0 Å². The average molecular weight is 874 g/mol. The van der Waals surface area contributed by atoms with Crippen LogP contribution in [-0.4, -0.2) is 12.0 Å². The molecule has 258 valence electrons. The molecular formula is C46H35N4PtS-3. The molecule has 6 aromatic carbocycles. The van der Waals surface area contributed by atoms with Gasteiger partial charge in [-0.2, -0.15) is 30.9 Å². The van der Waals surface area contributed by atoms with Crippen LogP contribution in [0.2, 0.25) is 0 Å². The van der Waals surface area contributed by atoms with Crippen LogP contribution in [0, 0.1) is 18.8 Å². The van der Waals surface area contributed by atoms with E-state index in [4.69, 9.17) is 9.10 Å². The number of hydrogen-bond donors (Lipinski definition) is 0. The maximum atomic E-state index is 8.12. The molecule has 1 aromatic heterocycles. The molecule has 2 aliphatic heterocycles. The quantitative estimate of drug-likeness (QED) is 0.155. The third-order valence-electron chi connectivity index (χ3n) is 9.83. The van der Waals surface area contributed by atoms with Gasteiger partial charge in [0.15, 0.2) is 0 Å². The number of rotatable bonds is 6. The molecule has 0 N–H and O–H groups in total. The summed E-state index contributed by atoms with van der Waals surface area (Å²) < 4.78 is 24.4. The van der Waals surface area contributed by atoms with E-state index in [0.29, 0.717) is 5.69 Å². The minimum absolute atomic E-state index is 0. The zero-order chi connectivity index (χ0) is 37.0. The van der Waals surface area contributed by atoms with Gasteiger partial charge in [-0.1, -0.05) is 110 Å². The first-order valence-corrected chi connectivity index (χ1v) is 17.8. The zero-order valence-corrected chi connectivity index (χ0v) is 31.6. The van der Waals surface area contributed by atoms with Crippen molar-refractivity contribution >= 4 is 46.0 Å². The third kappa shape index (κ3) is 5.92. The molecule has 0 fully saturated rings. The standard InChI is InChI=1S/C46H35N4S.Pt/c1-46(2,32-14-5-4-6-15-32)33-26-27-47-45(28-33)50-41-21-10-9-20-39(41)37-18-7-8-19-38(37)40-25-24-36(30-44(40)50)51-35-17-13-16-34(29-35)49-31-48(3)42-22-11-12-23-43(42)49;/h4-28,31H,1-3H3;/q-3;/i3D3;. The first kappa shape index (κ1) is 30.5. The minimum Gasteiger partial charge on any atom is -0.504 e. The van der Waals surface area contributed by atoms with Crippen molar-refractivity contribution in [1.29, 1.82) is 0 Å². The van der Waals surface area contributed by atoms with Crippen molar-refractivity contribution in [2.75, 3.05) is 21.7 Å². The van der Waals surface area contributed by atoms with E-state index in [0.717, 1.165) is 66.2 Å². The fourth-order valence-electron chi connectivity index (χ4n) is 7.13. The van der Waals surface area contributed by atoms with Gasteiger partial charge >= 0.3 is 0 Å². The molecule has 52 heavy (non-hydrogen) atoms. The molecule has 0 unspecified atom stereocenters. The van der Waals surface area contributed by atoms with Crippen LogP contribution in [-0.2, 0) is 26.5 Å². The Hall–Kier alpha value is -5.09. The predicted molar refractivity (Wildman–Crippen MR) is 211 cm³/mol. The maximum absolute atomic E-state index is 8.12. The Bertz CT molecular complexity index is 2520. The van der Waals surface area contributed by atoms with Gasteiger partial charge in [0.1, 0.15) is 5.82 Å². The molecule has 0 atom stereocenters. The Morgan fingerprint density at radius 3 is 2.10 bits per heavy atom. The third-order valence-corrected chi connectivity index (χ3v) is 10.7. The first-order valence-electron chi connectivity index (χ1n) is 18.5. The van der Waals surface area contributed by atoms with Crippen molar-refractivity contribution in [2.24, 2.45) is 0 Å². The summed E-state index contributed by atoms with van der Waals surface area (Å²) in [5.74, 6) is 0.812. The summed E-state index contributed by atoms with van der Waals surface area (Å²) in [6, 6.07) is 57.2. The SMILES string of the molecule is [2H]C([2H])([2H])N1[CH-]N(c2[c-]c(Sc3[c-]c4c(cc3)-c3ccccc3-c3ccccc3N4c3cc(C(C)(C)c4ccccc4)ccn3)ccc2)c2ccccc21.[Pt]. The van der Waals surface area contributed by atoms with Crippen molar-refractivity contribution in [3.63, 3.8) is 0 Å². The van der Waals surface area contributed by atoms with Crippen LogP contribution in [0.3, 0.4) is 0 Å². The average Bonchev–Trinajstić information content (AvgIpc) is 3.55. The van der Waals surface area contributed by atoms with Crippen LogP contribution in [0.5, 0.6) is 0 Å². The van der Waals surface area contributed by atoms with Crippen LogP contribution >= 0.6 is 11.8 Å². The topological polar surface area (TPSA) is 22.6 Å². The van der Waals surface area contributed by atoms with Crippen LogP contribution in [0.4, 0.5) is 34.3 Å². The second-order valence-corrected chi connectivity index (χ2v) is 14.3. The van der Waals surface area contributed by atoms with Crippen molar-refractivity contribution in [1.82, 2.24) is 4.98 Å². The van der Waals surface area contributed by atoms with Gasteiger partial charge in [0.05, 0.1) is 5.69 Å². The Kier molecular flexibility index (Phi) is 8.10. The largest absolute Gasteiger partial charge is 0.504 e. The van der Waals surface area contributed by atoms with E-state index < -0.39 is 6.98 Å². The normalized spacial score (nSPS) is 14.1. The van der Waals surface area contributed by atoms with Crippen LogP contribution in [0.1, 0.15) is 29.1 Å². The van der Waals surface area contributed by atoms with Crippen molar-refractivity contribution < 1.29 is 25.2 Å². The van der Waals surface area contributed by atoms with Crippen molar-refractivity contribution in [3.05, 3.63) is 182 Å². The Balaban J connectivity index is 0.00000427. The number of benzene rings is 6. The smallest absolute Gasteiger partial charge is 0.135 e. The molecule has 6 heteroatoms.